The number of methoxy groups -OCH3 is 1. The van der Waals surface area contributed by atoms with Gasteiger partial charge in [-0.3, -0.25) is 4.79 Å². The second-order valence-electron chi connectivity index (χ2n) is 4.73. The van der Waals surface area contributed by atoms with Crippen molar-refractivity contribution < 1.29 is 9.47 Å². The minimum absolute atomic E-state index is 0.0178. The number of nitrogens with one attached hydrogen (secondary N) is 1. The van der Waals surface area contributed by atoms with E-state index >= 15 is 0 Å². The molecule has 0 aliphatic carbocycles. The van der Waals surface area contributed by atoms with Gasteiger partial charge in [-0.05, 0) is 18.6 Å². The molecular weight excluding hydrogens is 298 g/mol. The van der Waals surface area contributed by atoms with Crippen molar-refractivity contribution in [2.45, 2.75) is 13.3 Å². The van der Waals surface area contributed by atoms with Gasteiger partial charge < -0.3 is 14.5 Å². The van der Waals surface area contributed by atoms with E-state index in [-0.39, 0.29) is 17.2 Å². The molecule has 23 heavy (non-hydrogen) atoms. The average molecular weight is 313 g/mol. The summed E-state index contributed by atoms with van der Waals surface area (Å²) in [7, 11) is 1.40. The lowest BCUT2D eigenvalue weighted by Gasteiger charge is -2.10. The zero-order valence-corrected chi connectivity index (χ0v) is 12.7. The van der Waals surface area contributed by atoms with Crippen molar-refractivity contribution in [2.75, 3.05) is 13.7 Å². The first kappa shape index (κ1) is 14.9. The van der Waals surface area contributed by atoms with Gasteiger partial charge in [-0.1, -0.05) is 24.2 Å². The summed E-state index contributed by atoms with van der Waals surface area (Å²) in [6.07, 6.45) is 0.880. The van der Waals surface area contributed by atoms with Crippen molar-refractivity contribution >= 4 is 11.2 Å². The van der Waals surface area contributed by atoms with Crippen molar-refractivity contribution in [3.05, 3.63) is 34.6 Å². The fourth-order valence-electron chi connectivity index (χ4n) is 2.05. The van der Waals surface area contributed by atoms with Crippen LogP contribution in [0.1, 0.15) is 13.3 Å². The number of aromatic amines is 1. The highest BCUT2D eigenvalue weighted by Gasteiger charge is 2.13. The second kappa shape index (κ2) is 6.39. The molecule has 8 nitrogen and oxygen atoms in total. The number of fused-ring (bicyclic) bond motifs is 1. The minimum atomic E-state index is -0.413. The summed E-state index contributed by atoms with van der Waals surface area (Å²) in [5.41, 5.74) is 0.489. The third-order valence-corrected chi connectivity index (χ3v) is 3.10. The predicted molar refractivity (Wildman–Crippen MR) is 83.5 cm³/mol. The Kier molecular flexibility index (Phi) is 4.13. The molecule has 0 saturated heterocycles. The molecular formula is C15H15N5O3. The van der Waals surface area contributed by atoms with Crippen LogP contribution in [0.2, 0.25) is 0 Å². The zero-order valence-electron chi connectivity index (χ0n) is 12.7. The lowest BCUT2D eigenvalue weighted by molar-refractivity contribution is 0.318. The van der Waals surface area contributed by atoms with E-state index in [9.17, 15) is 4.79 Å². The van der Waals surface area contributed by atoms with Gasteiger partial charge in [0.2, 0.25) is 5.65 Å². The molecule has 2 heterocycles. The van der Waals surface area contributed by atoms with Crippen molar-refractivity contribution in [1.82, 2.24) is 25.1 Å². The highest BCUT2D eigenvalue weighted by Crippen LogP contribution is 2.27. The summed E-state index contributed by atoms with van der Waals surface area (Å²) in [6.45, 7) is 2.60. The molecule has 3 aromatic rings. The summed E-state index contributed by atoms with van der Waals surface area (Å²) < 4.78 is 10.6. The first-order valence-electron chi connectivity index (χ1n) is 7.14. The van der Waals surface area contributed by atoms with Crippen LogP contribution in [0.25, 0.3) is 22.6 Å². The Morgan fingerprint density at radius 2 is 2.00 bits per heavy atom. The third kappa shape index (κ3) is 2.96. The largest absolute Gasteiger partial charge is 0.493 e. The Labute approximate surface area is 131 Å². The summed E-state index contributed by atoms with van der Waals surface area (Å²) in [6, 6.07) is 7.37. The number of hydrogen-bond acceptors (Lipinski definition) is 7. The number of aromatic nitrogens is 5. The van der Waals surface area contributed by atoms with Gasteiger partial charge in [0.05, 0.1) is 19.3 Å². The SMILES string of the molecule is CCCOc1ccccc1-c1nc2nnc(OC)nc2c(=O)[nH]1. The predicted octanol–water partition coefficient (Wildman–Crippen LogP) is 1.57. The van der Waals surface area contributed by atoms with E-state index in [2.05, 4.69) is 25.1 Å². The Bertz CT molecular complexity index is 894. The van der Waals surface area contributed by atoms with E-state index in [0.29, 0.717) is 23.7 Å². The third-order valence-electron chi connectivity index (χ3n) is 3.10. The maximum absolute atomic E-state index is 12.2. The Morgan fingerprint density at radius 3 is 2.78 bits per heavy atom. The van der Waals surface area contributed by atoms with Gasteiger partial charge in [0, 0.05) is 0 Å². The van der Waals surface area contributed by atoms with Gasteiger partial charge in [0.1, 0.15) is 11.6 Å². The fourth-order valence-corrected chi connectivity index (χ4v) is 2.05. The smallest absolute Gasteiger partial charge is 0.336 e. The highest BCUT2D eigenvalue weighted by atomic mass is 16.5. The Hall–Kier alpha value is -3.03. The zero-order chi connectivity index (χ0) is 16.2. The first-order chi connectivity index (χ1) is 11.2. The number of hydrogen-bond donors (Lipinski definition) is 1. The first-order valence-corrected chi connectivity index (χ1v) is 7.14. The van der Waals surface area contributed by atoms with Gasteiger partial charge in [-0.25, -0.2) is 4.98 Å². The molecule has 0 spiro atoms. The number of H-pyrrole nitrogens is 1. The summed E-state index contributed by atoms with van der Waals surface area (Å²) >= 11 is 0. The summed E-state index contributed by atoms with van der Waals surface area (Å²) in [5, 5.41) is 7.62. The van der Waals surface area contributed by atoms with Crippen LogP contribution >= 0.6 is 0 Å². The van der Waals surface area contributed by atoms with Gasteiger partial charge in [0.15, 0.2) is 5.52 Å². The van der Waals surface area contributed by atoms with E-state index in [1.54, 1.807) is 0 Å². The number of rotatable bonds is 5. The molecule has 3 rings (SSSR count). The van der Waals surface area contributed by atoms with Crippen LogP contribution in [-0.2, 0) is 0 Å². The standard InChI is InChI=1S/C15H15N5O3/c1-3-8-23-10-7-5-4-6-9(10)12-17-13-11(14(21)18-12)16-15(22-2)20-19-13/h4-7H,3,8H2,1-2H3,(H,17,18,19,21). The molecule has 2 aromatic heterocycles. The van der Waals surface area contributed by atoms with Crippen LogP contribution in [0.15, 0.2) is 29.1 Å². The molecule has 1 aromatic carbocycles. The molecule has 0 atom stereocenters. The van der Waals surface area contributed by atoms with E-state index in [4.69, 9.17) is 9.47 Å². The van der Waals surface area contributed by atoms with Crippen LogP contribution in [0, 0.1) is 0 Å². The van der Waals surface area contributed by atoms with Gasteiger partial charge in [0.25, 0.3) is 5.56 Å². The van der Waals surface area contributed by atoms with E-state index in [1.165, 1.54) is 7.11 Å². The lowest BCUT2D eigenvalue weighted by Crippen LogP contribution is -2.13. The molecule has 0 aliphatic rings. The van der Waals surface area contributed by atoms with Crippen molar-refractivity contribution in [3.8, 4) is 23.1 Å². The maximum atomic E-state index is 12.2. The lowest BCUT2D eigenvalue weighted by atomic mass is 10.2. The van der Waals surface area contributed by atoms with Crippen LogP contribution in [0.5, 0.6) is 11.8 Å². The van der Waals surface area contributed by atoms with Crippen molar-refractivity contribution in [3.63, 3.8) is 0 Å². The molecule has 0 fully saturated rings. The van der Waals surface area contributed by atoms with Crippen molar-refractivity contribution in [1.29, 1.82) is 0 Å². The highest BCUT2D eigenvalue weighted by molar-refractivity contribution is 5.73. The average Bonchev–Trinajstić information content (AvgIpc) is 2.60. The maximum Gasteiger partial charge on any atom is 0.336 e. The molecule has 8 heteroatoms. The van der Waals surface area contributed by atoms with Crippen LogP contribution in [0.3, 0.4) is 0 Å². The number of para-hydroxylation sites is 1. The van der Waals surface area contributed by atoms with Gasteiger partial charge in [-0.2, -0.15) is 4.98 Å². The van der Waals surface area contributed by atoms with E-state index < -0.39 is 5.56 Å². The molecule has 0 radical (unpaired) electrons. The van der Waals surface area contributed by atoms with Crippen LogP contribution in [0.4, 0.5) is 0 Å². The summed E-state index contributed by atoms with van der Waals surface area (Å²) in [4.78, 5) is 23.2. The molecule has 0 amide bonds. The number of benzene rings is 1. The molecule has 0 saturated carbocycles. The molecule has 0 aliphatic heterocycles. The van der Waals surface area contributed by atoms with Gasteiger partial charge in [-0.15, -0.1) is 5.10 Å². The second-order valence-corrected chi connectivity index (χ2v) is 4.73. The quantitative estimate of drug-likeness (QED) is 0.762. The normalized spacial score (nSPS) is 10.7. The Balaban J connectivity index is 2.13. The van der Waals surface area contributed by atoms with Crippen LogP contribution in [-0.4, -0.2) is 38.9 Å². The number of nitrogens with zero attached hydrogens (tertiary/aromatic N) is 4. The fraction of sp³-hybridized carbons (Fsp3) is 0.267. The Morgan fingerprint density at radius 1 is 1.17 bits per heavy atom. The summed E-state index contributed by atoms with van der Waals surface area (Å²) in [5.74, 6) is 1.00. The molecule has 118 valence electrons. The van der Waals surface area contributed by atoms with E-state index in [0.717, 1.165) is 6.42 Å². The van der Waals surface area contributed by atoms with Gasteiger partial charge >= 0.3 is 6.01 Å². The minimum Gasteiger partial charge on any atom is -0.493 e. The molecule has 0 unspecified atom stereocenters. The topological polar surface area (TPSA) is 103 Å². The van der Waals surface area contributed by atoms with Crippen LogP contribution < -0.4 is 15.0 Å². The van der Waals surface area contributed by atoms with Crippen molar-refractivity contribution in [2.24, 2.45) is 0 Å². The molecule has 0 bridgehead atoms. The van der Waals surface area contributed by atoms with E-state index in [1.807, 2.05) is 31.2 Å². The molecule has 1 N–H and O–H groups in total. The monoisotopic (exact) mass is 313 g/mol. The number of ether oxygens (including phenoxy) is 2.